The van der Waals surface area contributed by atoms with Crippen molar-refractivity contribution in [2.75, 3.05) is 13.7 Å². The smallest absolute Gasteiger partial charge is 0.243 e. The third-order valence-corrected chi connectivity index (χ3v) is 4.88. The minimum absolute atomic E-state index is 0.0730. The zero-order valence-electron chi connectivity index (χ0n) is 15.7. The molecule has 0 aliphatic carbocycles. The molecular weight excluding hydrogens is 378 g/mol. The van der Waals surface area contributed by atoms with Crippen LogP contribution in [0.5, 0.6) is 5.75 Å². The lowest BCUT2D eigenvalue weighted by Crippen LogP contribution is -2.35. The molecule has 0 bridgehead atoms. The summed E-state index contributed by atoms with van der Waals surface area (Å²) in [5.41, 5.74) is 2.63. The molecule has 2 aromatic carbocycles. The van der Waals surface area contributed by atoms with E-state index in [1.165, 1.54) is 5.01 Å². The molecular formula is C21H22ClN3O3. The molecule has 1 N–H and O–H groups in total. The van der Waals surface area contributed by atoms with Gasteiger partial charge >= 0.3 is 0 Å². The molecule has 0 saturated heterocycles. The quantitative estimate of drug-likeness (QED) is 0.775. The number of carbonyl (C=O) groups excluding carboxylic acids is 2. The van der Waals surface area contributed by atoms with E-state index in [4.69, 9.17) is 16.3 Å². The van der Waals surface area contributed by atoms with E-state index in [0.29, 0.717) is 24.4 Å². The minimum atomic E-state index is -0.153. The van der Waals surface area contributed by atoms with Crippen molar-refractivity contribution in [2.24, 2.45) is 5.10 Å². The summed E-state index contributed by atoms with van der Waals surface area (Å²) >= 11 is 6.09. The Bertz CT molecular complexity index is 881. The standard InChI is InChI=1S/C21H22ClN3O3/c1-28-17-8-6-15(7-9-17)19-10-11-21(27)25(24-19)13-12-20(26)23-14-16-4-2-3-5-18(16)22/h2-9H,10-14H2,1H3,(H,23,26). The average Bonchev–Trinajstić information content (AvgIpc) is 2.72. The number of hydrogen-bond acceptors (Lipinski definition) is 4. The summed E-state index contributed by atoms with van der Waals surface area (Å²) in [4.78, 5) is 24.3. The van der Waals surface area contributed by atoms with Gasteiger partial charge in [0.1, 0.15) is 5.75 Å². The highest BCUT2D eigenvalue weighted by Gasteiger charge is 2.22. The van der Waals surface area contributed by atoms with Crippen molar-refractivity contribution in [2.45, 2.75) is 25.8 Å². The Kier molecular flexibility index (Phi) is 6.66. The number of rotatable bonds is 7. The van der Waals surface area contributed by atoms with Crippen molar-refractivity contribution < 1.29 is 14.3 Å². The lowest BCUT2D eigenvalue weighted by Gasteiger charge is -2.23. The van der Waals surface area contributed by atoms with Crippen LogP contribution in [0.3, 0.4) is 0 Å². The number of nitrogens with zero attached hydrogens (tertiary/aromatic N) is 2. The Morgan fingerprint density at radius 2 is 1.93 bits per heavy atom. The maximum absolute atomic E-state index is 12.2. The third kappa shape index (κ3) is 5.10. The fourth-order valence-corrected chi connectivity index (χ4v) is 3.10. The highest BCUT2D eigenvalue weighted by atomic mass is 35.5. The van der Waals surface area contributed by atoms with E-state index >= 15 is 0 Å². The topological polar surface area (TPSA) is 71.0 Å². The molecule has 1 heterocycles. The number of hydrogen-bond donors (Lipinski definition) is 1. The zero-order valence-corrected chi connectivity index (χ0v) is 16.4. The van der Waals surface area contributed by atoms with Crippen molar-refractivity contribution in [3.63, 3.8) is 0 Å². The molecule has 0 spiro atoms. The summed E-state index contributed by atoms with van der Waals surface area (Å²) in [5, 5.41) is 9.28. The lowest BCUT2D eigenvalue weighted by atomic mass is 10.0. The first-order chi connectivity index (χ1) is 13.6. The van der Waals surface area contributed by atoms with Crippen LogP contribution in [0, 0.1) is 0 Å². The van der Waals surface area contributed by atoms with Crippen LogP contribution in [0.4, 0.5) is 0 Å². The molecule has 6 nitrogen and oxygen atoms in total. The van der Waals surface area contributed by atoms with E-state index in [1.807, 2.05) is 42.5 Å². The van der Waals surface area contributed by atoms with Crippen LogP contribution < -0.4 is 10.1 Å². The summed E-state index contributed by atoms with van der Waals surface area (Å²) in [7, 11) is 1.62. The second-order valence-electron chi connectivity index (χ2n) is 6.41. The predicted molar refractivity (Wildman–Crippen MR) is 108 cm³/mol. The number of halogens is 1. The molecule has 3 rings (SSSR count). The first kappa shape index (κ1) is 19.9. The van der Waals surface area contributed by atoms with Gasteiger partial charge in [-0.25, -0.2) is 5.01 Å². The molecule has 2 amide bonds. The van der Waals surface area contributed by atoms with Crippen LogP contribution in [-0.2, 0) is 16.1 Å². The summed E-state index contributed by atoms with van der Waals surface area (Å²) in [6.45, 7) is 0.597. The van der Waals surface area contributed by atoms with Gasteiger partial charge < -0.3 is 10.1 Å². The largest absolute Gasteiger partial charge is 0.497 e. The highest BCUT2D eigenvalue weighted by Crippen LogP contribution is 2.18. The molecule has 1 aliphatic heterocycles. The van der Waals surface area contributed by atoms with Crippen LogP contribution in [-0.4, -0.2) is 36.2 Å². The second kappa shape index (κ2) is 9.37. The fourth-order valence-electron chi connectivity index (χ4n) is 2.90. The van der Waals surface area contributed by atoms with Gasteiger partial charge in [0.25, 0.3) is 0 Å². The van der Waals surface area contributed by atoms with Gasteiger partial charge in [-0.3, -0.25) is 9.59 Å². The first-order valence-electron chi connectivity index (χ1n) is 9.09. The second-order valence-corrected chi connectivity index (χ2v) is 6.82. The number of ether oxygens (including phenoxy) is 1. The fraction of sp³-hybridized carbons (Fsp3) is 0.286. The molecule has 7 heteroatoms. The number of nitrogens with one attached hydrogen (secondary N) is 1. The molecule has 146 valence electrons. The van der Waals surface area contributed by atoms with Gasteiger partial charge in [0.05, 0.1) is 19.4 Å². The van der Waals surface area contributed by atoms with Crippen molar-refractivity contribution >= 4 is 29.1 Å². The van der Waals surface area contributed by atoms with Crippen LogP contribution >= 0.6 is 11.6 Å². The molecule has 0 aromatic heterocycles. The lowest BCUT2D eigenvalue weighted by molar-refractivity contribution is -0.132. The summed E-state index contributed by atoms with van der Waals surface area (Å²) < 4.78 is 5.16. The Labute approximate surface area is 169 Å². The normalized spacial score (nSPS) is 13.9. The number of benzene rings is 2. The predicted octanol–water partition coefficient (Wildman–Crippen LogP) is 3.38. The molecule has 0 saturated carbocycles. The number of hydrazone groups is 1. The van der Waals surface area contributed by atoms with Crippen LogP contribution in [0.1, 0.15) is 30.4 Å². The Morgan fingerprint density at radius 1 is 1.18 bits per heavy atom. The monoisotopic (exact) mass is 399 g/mol. The number of carbonyl (C=O) groups is 2. The average molecular weight is 400 g/mol. The third-order valence-electron chi connectivity index (χ3n) is 4.51. The molecule has 0 unspecified atom stereocenters. The highest BCUT2D eigenvalue weighted by molar-refractivity contribution is 6.31. The SMILES string of the molecule is COc1ccc(C2=NN(CCC(=O)NCc3ccccc3Cl)C(=O)CC2)cc1. The molecule has 0 fully saturated rings. The van der Waals surface area contributed by atoms with Gasteiger partial charge in [-0.1, -0.05) is 29.8 Å². The molecule has 1 aliphatic rings. The summed E-state index contributed by atoms with van der Waals surface area (Å²) in [6.07, 6.45) is 1.14. The molecule has 2 aromatic rings. The van der Waals surface area contributed by atoms with E-state index in [0.717, 1.165) is 22.6 Å². The van der Waals surface area contributed by atoms with Crippen molar-refractivity contribution in [1.29, 1.82) is 0 Å². The van der Waals surface area contributed by atoms with Crippen molar-refractivity contribution in [3.8, 4) is 5.75 Å². The van der Waals surface area contributed by atoms with Crippen LogP contribution in [0.25, 0.3) is 0 Å². The van der Waals surface area contributed by atoms with E-state index in [9.17, 15) is 9.59 Å². The first-order valence-corrected chi connectivity index (χ1v) is 9.47. The van der Waals surface area contributed by atoms with E-state index in [2.05, 4.69) is 10.4 Å². The Hall–Kier alpha value is -2.86. The van der Waals surface area contributed by atoms with Gasteiger partial charge in [-0.2, -0.15) is 5.10 Å². The summed E-state index contributed by atoms with van der Waals surface area (Å²) in [6, 6.07) is 14.9. The minimum Gasteiger partial charge on any atom is -0.497 e. The van der Waals surface area contributed by atoms with Gasteiger partial charge in [-0.15, -0.1) is 0 Å². The van der Waals surface area contributed by atoms with Crippen LogP contribution in [0.15, 0.2) is 53.6 Å². The molecule has 0 atom stereocenters. The van der Waals surface area contributed by atoms with E-state index in [-0.39, 0.29) is 24.8 Å². The van der Waals surface area contributed by atoms with E-state index < -0.39 is 0 Å². The zero-order chi connectivity index (χ0) is 19.9. The molecule has 0 radical (unpaired) electrons. The Morgan fingerprint density at radius 3 is 2.64 bits per heavy atom. The number of methoxy groups -OCH3 is 1. The van der Waals surface area contributed by atoms with Crippen LogP contribution in [0.2, 0.25) is 5.02 Å². The number of amides is 2. The van der Waals surface area contributed by atoms with Crippen molar-refractivity contribution in [3.05, 3.63) is 64.7 Å². The maximum Gasteiger partial charge on any atom is 0.243 e. The Balaban J connectivity index is 1.56. The van der Waals surface area contributed by atoms with Crippen molar-refractivity contribution in [1.82, 2.24) is 10.3 Å². The van der Waals surface area contributed by atoms with Gasteiger partial charge in [0, 0.05) is 30.8 Å². The van der Waals surface area contributed by atoms with Gasteiger partial charge in [0.15, 0.2) is 0 Å². The molecule has 28 heavy (non-hydrogen) atoms. The maximum atomic E-state index is 12.2. The van der Waals surface area contributed by atoms with Gasteiger partial charge in [0.2, 0.25) is 11.8 Å². The van der Waals surface area contributed by atoms with Gasteiger partial charge in [-0.05, 0) is 41.5 Å². The van der Waals surface area contributed by atoms with E-state index in [1.54, 1.807) is 13.2 Å². The summed E-state index contributed by atoms with van der Waals surface area (Å²) in [5.74, 6) is 0.541.